The Hall–Kier alpha value is -0.780. The van der Waals surface area contributed by atoms with E-state index >= 15 is 0 Å². The number of thioether (sulfide) groups is 1. The van der Waals surface area contributed by atoms with Crippen molar-refractivity contribution in [3.63, 3.8) is 0 Å². The molecule has 0 saturated carbocycles. The molecule has 5 nitrogen and oxygen atoms in total. The molecule has 0 saturated heterocycles. The van der Waals surface area contributed by atoms with Crippen LogP contribution >= 0.6 is 11.8 Å². The van der Waals surface area contributed by atoms with E-state index in [1.165, 1.54) is 11.8 Å². The van der Waals surface area contributed by atoms with Crippen LogP contribution in [0.5, 0.6) is 0 Å². The zero-order chi connectivity index (χ0) is 7.11. The third-order valence-corrected chi connectivity index (χ3v) is 1.26. The third kappa shape index (κ3) is 3.77. The average Bonchev–Trinajstić information content (AvgIpc) is 1.88. The SMILES string of the molecule is CCSC(N=NN)=NN. The van der Waals surface area contributed by atoms with Crippen LogP contribution in [0.2, 0.25) is 0 Å². The van der Waals surface area contributed by atoms with E-state index in [0.29, 0.717) is 5.17 Å². The van der Waals surface area contributed by atoms with E-state index in [-0.39, 0.29) is 0 Å². The summed E-state index contributed by atoms with van der Waals surface area (Å²) in [6.45, 7) is 1.96. The molecule has 0 aliphatic rings. The summed E-state index contributed by atoms with van der Waals surface area (Å²) in [6, 6.07) is 0. The number of amidine groups is 1. The zero-order valence-electron chi connectivity index (χ0n) is 5.11. The van der Waals surface area contributed by atoms with Crippen molar-refractivity contribution in [2.45, 2.75) is 6.92 Å². The second-order valence-electron chi connectivity index (χ2n) is 1.06. The van der Waals surface area contributed by atoms with Crippen LogP contribution in [-0.2, 0) is 0 Å². The van der Waals surface area contributed by atoms with Gasteiger partial charge in [-0.2, -0.15) is 5.10 Å². The van der Waals surface area contributed by atoms with Crippen LogP contribution < -0.4 is 11.7 Å². The van der Waals surface area contributed by atoms with E-state index in [4.69, 9.17) is 11.7 Å². The number of hydrogen-bond acceptors (Lipinski definition) is 4. The molecule has 0 aliphatic heterocycles. The number of nitrogens with zero attached hydrogens (tertiary/aromatic N) is 3. The molecule has 4 N–H and O–H groups in total. The number of hydrazone groups is 1. The highest BCUT2D eigenvalue weighted by molar-refractivity contribution is 8.13. The zero-order valence-corrected chi connectivity index (χ0v) is 5.93. The molecule has 0 unspecified atom stereocenters. The minimum atomic E-state index is 0.403. The van der Waals surface area contributed by atoms with Crippen molar-refractivity contribution in [2.75, 3.05) is 5.75 Å². The molecular weight excluding hydrogens is 138 g/mol. The molecule has 0 spiro atoms. The summed E-state index contributed by atoms with van der Waals surface area (Å²) < 4.78 is 0. The quantitative estimate of drug-likeness (QED) is 0.184. The first-order valence-electron chi connectivity index (χ1n) is 2.36. The topological polar surface area (TPSA) is 89.1 Å². The number of rotatable bonds is 1. The first kappa shape index (κ1) is 8.22. The molecule has 0 fully saturated rings. The fourth-order valence-corrected chi connectivity index (χ4v) is 0.708. The van der Waals surface area contributed by atoms with Crippen molar-refractivity contribution in [2.24, 2.45) is 27.1 Å². The van der Waals surface area contributed by atoms with E-state index in [1.807, 2.05) is 6.92 Å². The van der Waals surface area contributed by atoms with Gasteiger partial charge >= 0.3 is 0 Å². The van der Waals surface area contributed by atoms with Gasteiger partial charge in [0.1, 0.15) is 0 Å². The highest BCUT2D eigenvalue weighted by atomic mass is 32.2. The van der Waals surface area contributed by atoms with E-state index in [0.717, 1.165) is 5.75 Å². The van der Waals surface area contributed by atoms with Crippen molar-refractivity contribution in [1.29, 1.82) is 0 Å². The summed E-state index contributed by atoms with van der Waals surface area (Å²) in [5.41, 5.74) is 0. The molecule has 0 aromatic carbocycles. The summed E-state index contributed by atoms with van der Waals surface area (Å²) >= 11 is 1.39. The van der Waals surface area contributed by atoms with Crippen molar-refractivity contribution < 1.29 is 0 Å². The van der Waals surface area contributed by atoms with Crippen molar-refractivity contribution >= 4 is 16.9 Å². The van der Waals surface area contributed by atoms with Gasteiger partial charge in [-0.05, 0) is 5.75 Å². The molecule has 0 rings (SSSR count). The van der Waals surface area contributed by atoms with Crippen LogP contribution in [0.3, 0.4) is 0 Å². The fraction of sp³-hybridized carbons (Fsp3) is 0.667. The lowest BCUT2D eigenvalue weighted by Crippen LogP contribution is -1.94. The van der Waals surface area contributed by atoms with Crippen LogP contribution in [0, 0.1) is 0 Å². The summed E-state index contributed by atoms with van der Waals surface area (Å²) in [4.78, 5) is 0. The summed E-state index contributed by atoms with van der Waals surface area (Å²) in [6.07, 6.45) is 0. The molecule has 52 valence electrons. The summed E-state index contributed by atoms with van der Waals surface area (Å²) in [5.74, 6) is 10.5. The first-order chi connectivity index (χ1) is 4.35. The highest BCUT2D eigenvalue weighted by Crippen LogP contribution is 2.02. The Bertz CT molecular complexity index is 119. The lowest BCUT2D eigenvalue weighted by atomic mass is 11.0. The smallest absolute Gasteiger partial charge is 0.228 e. The van der Waals surface area contributed by atoms with Crippen LogP contribution in [0.25, 0.3) is 0 Å². The lowest BCUT2D eigenvalue weighted by molar-refractivity contribution is 1.08. The standard InChI is InChI=1S/C3H9N5S/c1-2-9-3(6-4)7-8-5/h2,4H2,1H3,(H2,5,6,7). The minimum absolute atomic E-state index is 0.403. The largest absolute Gasteiger partial charge is 0.321 e. The Labute approximate surface area is 57.6 Å². The van der Waals surface area contributed by atoms with Gasteiger partial charge in [-0.3, -0.25) is 0 Å². The molecule has 0 heterocycles. The maximum absolute atomic E-state index is 4.90. The van der Waals surface area contributed by atoms with Gasteiger partial charge in [0, 0.05) is 0 Å². The van der Waals surface area contributed by atoms with E-state index < -0.39 is 0 Å². The van der Waals surface area contributed by atoms with Gasteiger partial charge in [0.15, 0.2) is 0 Å². The van der Waals surface area contributed by atoms with Crippen molar-refractivity contribution in [3.05, 3.63) is 0 Å². The molecule has 6 heteroatoms. The Balaban J connectivity index is 3.70. The molecule has 0 radical (unpaired) electrons. The molecule has 0 atom stereocenters. The van der Waals surface area contributed by atoms with Crippen molar-refractivity contribution in [3.8, 4) is 0 Å². The Morgan fingerprint density at radius 3 is 2.56 bits per heavy atom. The summed E-state index contributed by atoms with van der Waals surface area (Å²) in [5, 5.41) is 10.2. The van der Waals surface area contributed by atoms with Gasteiger partial charge in [-0.1, -0.05) is 23.9 Å². The van der Waals surface area contributed by atoms with E-state index in [1.54, 1.807) is 0 Å². The molecular formula is C3H9N5S. The van der Waals surface area contributed by atoms with E-state index in [9.17, 15) is 0 Å². The van der Waals surface area contributed by atoms with Gasteiger partial charge in [-0.25, -0.2) is 0 Å². The van der Waals surface area contributed by atoms with Crippen LogP contribution in [0.4, 0.5) is 0 Å². The first-order valence-corrected chi connectivity index (χ1v) is 3.35. The summed E-state index contributed by atoms with van der Waals surface area (Å²) in [7, 11) is 0. The Kier molecular flexibility index (Phi) is 4.89. The average molecular weight is 147 g/mol. The van der Waals surface area contributed by atoms with Gasteiger partial charge in [0.05, 0.1) is 0 Å². The molecule has 0 aromatic rings. The number of nitrogens with two attached hydrogens (primary N) is 2. The minimum Gasteiger partial charge on any atom is -0.321 e. The van der Waals surface area contributed by atoms with Crippen LogP contribution in [-0.4, -0.2) is 10.9 Å². The Morgan fingerprint density at radius 2 is 2.22 bits per heavy atom. The van der Waals surface area contributed by atoms with Crippen molar-refractivity contribution in [1.82, 2.24) is 0 Å². The predicted octanol–water partition coefficient (Wildman–Crippen LogP) is 0.295. The molecule has 9 heavy (non-hydrogen) atoms. The van der Waals surface area contributed by atoms with Crippen LogP contribution in [0.15, 0.2) is 15.4 Å². The lowest BCUT2D eigenvalue weighted by Gasteiger charge is -1.89. The third-order valence-electron chi connectivity index (χ3n) is 0.527. The number of hydrogen-bond donors (Lipinski definition) is 2. The molecule has 0 aliphatic carbocycles. The van der Waals surface area contributed by atoms with Crippen LogP contribution in [0.1, 0.15) is 6.92 Å². The second kappa shape index (κ2) is 5.36. The molecule has 0 bridgehead atoms. The Morgan fingerprint density at radius 1 is 1.56 bits per heavy atom. The second-order valence-corrected chi connectivity index (χ2v) is 2.29. The monoisotopic (exact) mass is 147 g/mol. The van der Waals surface area contributed by atoms with E-state index in [2.05, 4.69) is 15.4 Å². The predicted molar refractivity (Wildman–Crippen MR) is 38.8 cm³/mol. The van der Waals surface area contributed by atoms with Gasteiger partial charge in [0.2, 0.25) is 5.17 Å². The molecule has 0 amide bonds. The van der Waals surface area contributed by atoms with Gasteiger partial charge < -0.3 is 11.7 Å². The maximum Gasteiger partial charge on any atom is 0.228 e. The maximum atomic E-state index is 4.90. The van der Waals surface area contributed by atoms with Gasteiger partial charge in [-0.15, -0.1) is 5.11 Å². The fourth-order valence-electron chi connectivity index (χ4n) is 0.270. The molecule has 0 aromatic heterocycles. The normalized spacial score (nSPS) is 12.8. The van der Waals surface area contributed by atoms with Gasteiger partial charge in [0.25, 0.3) is 0 Å². The highest BCUT2D eigenvalue weighted by Gasteiger charge is 1.91.